The molecule has 2 aromatic heterocycles. The van der Waals surface area contributed by atoms with Crippen LogP contribution in [0.2, 0.25) is 5.02 Å². The molecule has 26 heavy (non-hydrogen) atoms. The number of benzene rings is 1. The summed E-state index contributed by atoms with van der Waals surface area (Å²) in [5.41, 5.74) is 0.517. The number of halogens is 4. The summed E-state index contributed by atoms with van der Waals surface area (Å²) in [4.78, 5) is 7.98. The van der Waals surface area contributed by atoms with E-state index in [0.29, 0.717) is 23.3 Å². The van der Waals surface area contributed by atoms with Crippen LogP contribution in [0.1, 0.15) is 23.9 Å². The summed E-state index contributed by atoms with van der Waals surface area (Å²) in [6.07, 6.45) is 2.90. The van der Waals surface area contributed by atoms with E-state index in [4.69, 9.17) is 16.3 Å². The fourth-order valence-electron chi connectivity index (χ4n) is 2.12. The van der Waals surface area contributed by atoms with Gasteiger partial charge in [0.2, 0.25) is 0 Å². The van der Waals surface area contributed by atoms with Gasteiger partial charge < -0.3 is 4.74 Å². The third-order valence-corrected chi connectivity index (χ3v) is 3.85. The fourth-order valence-corrected chi connectivity index (χ4v) is 2.21. The second-order valence-corrected chi connectivity index (χ2v) is 5.99. The van der Waals surface area contributed by atoms with E-state index in [1.807, 2.05) is 0 Å². The molecule has 0 spiro atoms. The number of hydrogen-bond donors (Lipinski definition) is 0. The average Bonchev–Trinajstić information content (AvgIpc) is 3.04. The van der Waals surface area contributed by atoms with Gasteiger partial charge in [0.1, 0.15) is 18.1 Å². The van der Waals surface area contributed by atoms with Crippen molar-refractivity contribution in [3.8, 4) is 11.7 Å². The van der Waals surface area contributed by atoms with Crippen LogP contribution in [0, 0.1) is 12.7 Å². The van der Waals surface area contributed by atoms with E-state index < -0.39 is 17.3 Å². The van der Waals surface area contributed by atoms with Gasteiger partial charge in [0.15, 0.2) is 0 Å². The van der Waals surface area contributed by atoms with Crippen LogP contribution in [0.5, 0.6) is 6.01 Å². The second-order valence-electron chi connectivity index (χ2n) is 5.58. The zero-order valence-electron chi connectivity index (χ0n) is 13.8. The lowest BCUT2D eigenvalue weighted by Gasteiger charge is -2.12. The molecule has 0 atom stereocenters. The normalized spacial score (nSPS) is 11.6. The van der Waals surface area contributed by atoms with Gasteiger partial charge in [0.05, 0.1) is 34.4 Å². The Balaban J connectivity index is 1.76. The Bertz CT molecular complexity index is 942. The van der Waals surface area contributed by atoms with Crippen molar-refractivity contribution in [2.45, 2.75) is 26.4 Å². The molecule has 0 aliphatic rings. The minimum absolute atomic E-state index is 0.0130. The first-order valence-corrected chi connectivity index (χ1v) is 7.83. The molecule has 2 heterocycles. The SMILES string of the molecule is Cc1nc(OCc2cn(-c3ccc(F)c(C(C)(F)F)c3)nn2)ncc1Cl. The summed E-state index contributed by atoms with van der Waals surface area (Å²) in [6, 6.07) is 3.44. The molecule has 0 amide bonds. The van der Waals surface area contributed by atoms with E-state index in [9.17, 15) is 13.2 Å². The Morgan fingerprint density at radius 1 is 1.31 bits per heavy atom. The zero-order chi connectivity index (χ0) is 18.9. The first-order chi connectivity index (χ1) is 12.2. The predicted octanol–water partition coefficient (Wildman–Crippen LogP) is 3.85. The maximum absolute atomic E-state index is 13.6. The number of nitrogens with zero attached hydrogens (tertiary/aromatic N) is 5. The maximum Gasteiger partial charge on any atom is 0.317 e. The van der Waals surface area contributed by atoms with E-state index in [2.05, 4.69) is 20.3 Å². The summed E-state index contributed by atoms with van der Waals surface area (Å²) in [6.45, 7) is 2.35. The van der Waals surface area contributed by atoms with Crippen LogP contribution in [0.25, 0.3) is 5.69 Å². The Hall–Kier alpha value is -2.68. The number of ether oxygens (including phenoxy) is 1. The van der Waals surface area contributed by atoms with E-state index >= 15 is 0 Å². The highest BCUT2D eigenvalue weighted by molar-refractivity contribution is 6.31. The standard InChI is InChI=1S/C16H13ClF3N5O/c1-9-13(17)6-21-15(22-9)26-8-10-7-25(24-23-10)11-3-4-14(18)12(5-11)16(2,19)20/h3-7H,8H2,1-2H3. The molecule has 0 aliphatic carbocycles. The molecule has 10 heteroatoms. The third-order valence-electron chi connectivity index (χ3n) is 3.47. The van der Waals surface area contributed by atoms with Crippen LogP contribution in [-0.2, 0) is 12.5 Å². The van der Waals surface area contributed by atoms with Crippen molar-refractivity contribution in [1.29, 1.82) is 0 Å². The van der Waals surface area contributed by atoms with Gasteiger partial charge in [-0.15, -0.1) is 5.10 Å². The quantitative estimate of drug-likeness (QED) is 0.669. The molecule has 0 N–H and O–H groups in total. The van der Waals surface area contributed by atoms with Crippen molar-refractivity contribution >= 4 is 11.6 Å². The molecule has 136 valence electrons. The van der Waals surface area contributed by atoms with Crippen molar-refractivity contribution in [2.75, 3.05) is 0 Å². The van der Waals surface area contributed by atoms with E-state index in [1.165, 1.54) is 23.1 Å². The predicted molar refractivity (Wildman–Crippen MR) is 87.0 cm³/mol. The second kappa shape index (κ2) is 6.91. The van der Waals surface area contributed by atoms with Gasteiger partial charge in [-0.2, -0.15) is 4.98 Å². The highest BCUT2D eigenvalue weighted by Crippen LogP contribution is 2.30. The van der Waals surface area contributed by atoms with Crippen LogP contribution < -0.4 is 4.74 Å². The maximum atomic E-state index is 13.6. The van der Waals surface area contributed by atoms with Gasteiger partial charge in [-0.05, 0) is 25.1 Å². The molecule has 0 radical (unpaired) electrons. The van der Waals surface area contributed by atoms with Gasteiger partial charge in [0, 0.05) is 6.92 Å². The third kappa shape index (κ3) is 3.93. The molecule has 0 unspecified atom stereocenters. The topological polar surface area (TPSA) is 65.7 Å². The van der Waals surface area contributed by atoms with E-state index in [0.717, 1.165) is 12.1 Å². The molecule has 3 rings (SSSR count). The van der Waals surface area contributed by atoms with E-state index in [1.54, 1.807) is 6.92 Å². The van der Waals surface area contributed by atoms with Crippen molar-refractivity contribution in [2.24, 2.45) is 0 Å². The first-order valence-electron chi connectivity index (χ1n) is 7.45. The minimum atomic E-state index is -3.31. The largest absolute Gasteiger partial charge is 0.457 e. The molecule has 0 aliphatic heterocycles. The van der Waals surface area contributed by atoms with Crippen molar-refractivity contribution in [3.05, 3.63) is 58.4 Å². The summed E-state index contributed by atoms with van der Waals surface area (Å²) in [7, 11) is 0. The van der Waals surface area contributed by atoms with Crippen LogP contribution in [0.15, 0.2) is 30.6 Å². The zero-order valence-corrected chi connectivity index (χ0v) is 14.5. The number of hydrogen-bond acceptors (Lipinski definition) is 5. The van der Waals surface area contributed by atoms with Crippen LogP contribution in [0.4, 0.5) is 13.2 Å². The summed E-state index contributed by atoms with van der Waals surface area (Å²) in [5, 5.41) is 8.15. The lowest BCUT2D eigenvalue weighted by atomic mass is 10.1. The fraction of sp³-hybridized carbons (Fsp3) is 0.250. The van der Waals surface area contributed by atoms with Crippen molar-refractivity contribution < 1.29 is 17.9 Å². The van der Waals surface area contributed by atoms with Crippen LogP contribution >= 0.6 is 11.6 Å². The summed E-state index contributed by atoms with van der Waals surface area (Å²) < 4.78 is 47.2. The molecule has 3 aromatic rings. The van der Waals surface area contributed by atoms with Gasteiger partial charge >= 0.3 is 6.01 Å². The highest BCUT2D eigenvalue weighted by Gasteiger charge is 2.28. The molecule has 0 saturated heterocycles. The Kier molecular flexibility index (Phi) is 4.82. The number of aryl methyl sites for hydroxylation is 1. The van der Waals surface area contributed by atoms with E-state index in [-0.39, 0.29) is 18.3 Å². The Labute approximate surface area is 151 Å². The van der Waals surface area contributed by atoms with Crippen molar-refractivity contribution in [3.63, 3.8) is 0 Å². The summed E-state index contributed by atoms with van der Waals surface area (Å²) in [5.74, 6) is -4.30. The number of aromatic nitrogens is 5. The summed E-state index contributed by atoms with van der Waals surface area (Å²) >= 11 is 5.84. The van der Waals surface area contributed by atoms with Crippen molar-refractivity contribution in [1.82, 2.24) is 25.0 Å². The minimum Gasteiger partial charge on any atom is -0.457 e. The van der Waals surface area contributed by atoms with Gasteiger partial charge in [-0.3, -0.25) is 0 Å². The molecule has 0 fully saturated rings. The monoisotopic (exact) mass is 383 g/mol. The molecular weight excluding hydrogens is 371 g/mol. The molecular formula is C16H13ClF3N5O. The lowest BCUT2D eigenvalue weighted by Crippen LogP contribution is -2.11. The van der Waals surface area contributed by atoms with Gasteiger partial charge in [-0.25, -0.2) is 22.8 Å². The smallest absolute Gasteiger partial charge is 0.317 e. The highest BCUT2D eigenvalue weighted by atomic mass is 35.5. The van der Waals surface area contributed by atoms with Crippen LogP contribution in [0.3, 0.4) is 0 Å². The Morgan fingerprint density at radius 3 is 2.77 bits per heavy atom. The molecule has 1 aromatic carbocycles. The number of alkyl halides is 2. The molecule has 6 nitrogen and oxygen atoms in total. The molecule has 0 bridgehead atoms. The lowest BCUT2D eigenvalue weighted by molar-refractivity contribution is 0.0137. The Morgan fingerprint density at radius 2 is 2.08 bits per heavy atom. The van der Waals surface area contributed by atoms with Gasteiger partial charge in [-0.1, -0.05) is 16.8 Å². The van der Waals surface area contributed by atoms with Crippen LogP contribution in [-0.4, -0.2) is 25.0 Å². The van der Waals surface area contributed by atoms with Gasteiger partial charge in [0.25, 0.3) is 5.92 Å². The first kappa shape index (κ1) is 18.1. The number of rotatable bonds is 5. The molecule has 0 saturated carbocycles. The average molecular weight is 384 g/mol.